The van der Waals surface area contributed by atoms with E-state index in [9.17, 15) is 5.11 Å². The van der Waals surface area contributed by atoms with Crippen molar-refractivity contribution in [3.8, 4) is 0 Å². The van der Waals surface area contributed by atoms with Gasteiger partial charge in [0.05, 0.1) is 5.60 Å². The summed E-state index contributed by atoms with van der Waals surface area (Å²) in [6.45, 7) is 8.25. The topological polar surface area (TPSA) is 70.8 Å². The van der Waals surface area contributed by atoms with E-state index in [2.05, 4.69) is 15.2 Å². The van der Waals surface area contributed by atoms with Gasteiger partial charge in [-0.05, 0) is 57.7 Å². The van der Waals surface area contributed by atoms with Crippen molar-refractivity contribution in [1.82, 2.24) is 10.3 Å². The molecule has 6 nitrogen and oxygen atoms in total. The number of hydrogen-bond acceptors (Lipinski definition) is 6. The third-order valence-corrected chi connectivity index (χ3v) is 4.50. The largest absolute Gasteiger partial charge is 0.423 e. The predicted molar refractivity (Wildman–Crippen MR) is 98.8 cm³/mol. The van der Waals surface area contributed by atoms with Crippen LogP contribution in [0.1, 0.15) is 33.6 Å². The average Bonchev–Trinajstić information content (AvgIpc) is 2.95. The van der Waals surface area contributed by atoms with Crippen LogP contribution < -0.4 is 10.2 Å². The Bertz CT molecular complexity index is 705. The van der Waals surface area contributed by atoms with Gasteiger partial charge in [0.25, 0.3) is 6.01 Å². The molecule has 0 spiro atoms. The molecule has 1 aliphatic rings. The molecule has 0 radical (unpaired) electrons. The summed E-state index contributed by atoms with van der Waals surface area (Å²) in [7, 11) is 0. The van der Waals surface area contributed by atoms with E-state index in [-0.39, 0.29) is 5.60 Å². The number of rotatable bonds is 5. The first-order valence-electron chi connectivity index (χ1n) is 8.70. The van der Waals surface area contributed by atoms with Crippen molar-refractivity contribution in [3.05, 3.63) is 23.2 Å². The van der Waals surface area contributed by atoms with Gasteiger partial charge in [0.2, 0.25) is 6.41 Å². The van der Waals surface area contributed by atoms with Crippen LogP contribution in [0.5, 0.6) is 0 Å². The first kappa shape index (κ1) is 18.5. The number of nitrogens with one attached hydrogen (secondary N) is 1. The first-order chi connectivity index (χ1) is 11.8. The summed E-state index contributed by atoms with van der Waals surface area (Å²) >= 11 is 6.00. The number of aliphatic hydroxyl groups excluding tert-OH is 1. The van der Waals surface area contributed by atoms with Crippen LogP contribution in [0.3, 0.4) is 0 Å². The molecule has 138 valence electrons. The molecule has 0 bridgehead atoms. The molecule has 3 rings (SSSR count). The number of piperidine rings is 1. The van der Waals surface area contributed by atoms with Crippen LogP contribution in [0.2, 0.25) is 5.02 Å². The summed E-state index contributed by atoms with van der Waals surface area (Å²) in [5.41, 5.74) is 1.17. The molecule has 0 amide bonds. The smallest absolute Gasteiger partial charge is 0.298 e. The number of anilines is 1. The van der Waals surface area contributed by atoms with Gasteiger partial charge < -0.3 is 19.2 Å². The van der Waals surface area contributed by atoms with Crippen LogP contribution >= 0.6 is 11.6 Å². The van der Waals surface area contributed by atoms with Gasteiger partial charge in [0.1, 0.15) is 5.52 Å². The maximum Gasteiger partial charge on any atom is 0.298 e. The van der Waals surface area contributed by atoms with E-state index >= 15 is 0 Å². The minimum absolute atomic E-state index is 0.369. The second-order valence-corrected chi connectivity index (χ2v) is 7.97. The summed E-state index contributed by atoms with van der Waals surface area (Å²) in [6, 6.07) is 6.13. The second kappa shape index (κ2) is 7.50. The molecule has 1 aromatic heterocycles. The van der Waals surface area contributed by atoms with Gasteiger partial charge in [-0.1, -0.05) is 11.6 Å². The Kier molecular flexibility index (Phi) is 5.53. The zero-order chi connectivity index (χ0) is 18.0. The quantitative estimate of drug-likeness (QED) is 0.789. The molecule has 25 heavy (non-hydrogen) atoms. The molecule has 2 heterocycles. The number of nitrogens with zero attached hydrogens (tertiary/aromatic N) is 2. The van der Waals surface area contributed by atoms with Crippen molar-refractivity contribution in [1.29, 1.82) is 0 Å². The fourth-order valence-corrected chi connectivity index (χ4v) is 3.16. The van der Waals surface area contributed by atoms with Gasteiger partial charge in [0.15, 0.2) is 5.58 Å². The van der Waals surface area contributed by atoms with E-state index in [0.29, 0.717) is 17.0 Å². The molecule has 1 atom stereocenters. The Hall–Kier alpha value is -1.34. The molecule has 1 unspecified atom stereocenters. The summed E-state index contributed by atoms with van der Waals surface area (Å²) in [5, 5.41) is 13.6. The van der Waals surface area contributed by atoms with E-state index in [0.717, 1.165) is 43.6 Å². The molecule has 0 saturated carbocycles. The fraction of sp³-hybridized carbons (Fsp3) is 0.611. The number of oxazole rings is 1. The van der Waals surface area contributed by atoms with Crippen LogP contribution in [0.25, 0.3) is 11.1 Å². The number of fused-ring (bicyclic) bond motifs is 1. The zero-order valence-electron chi connectivity index (χ0n) is 15.0. The third-order valence-electron chi connectivity index (χ3n) is 4.27. The minimum atomic E-state index is -0.931. The Morgan fingerprint density at radius 3 is 2.80 bits per heavy atom. The molecule has 0 aliphatic carbocycles. The molecule has 1 saturated heterocycles. The van der Waals surface area contributed by atoms with Crippen LogP contribution in [-0.2, 0) is 4.74 Å². The van der Waals surface area contributed by atoms with Gasteiger partial charge in [-0.2, -0.15) is 4.98 Å². The van der Waals surface area contributed by atoms with Crippen LogP contribution in [0, 0.1) is 5.92 Å². The van der Waals surface area contributed by atoms with Crippen LogP contribution in [-0.4, -0.2) is 41.7 Å². The lowest BCUT2D eigenvalue weighted by Gasteiger charge is -2.32. The van der Waals surface area contributed by atoms with Crippen molar-refractivity contribution >= 4 is 28.7 Å². The Balaban J connectivity index is 1.49. The predicted octanol–water partition coefficient (Wildman–Crippen LogP) is 3.38. The monoisotopic (exact) mass is 367 g/mol. The van der Waals surface area contributed by atoms with Gasteiger partial charge >= 0.3 is 0 Å². The summed E-state index contributed by atoms with van der Waals surface area (Å²) in [4.78, 5) is 6.70. The summed E-state index contributed by atoms with van der Waals surface area (Å²) < 4.78 is 11.3. The lowest BCUT2D eigenvalue weighted by Crippen LogP contribution is -2.43. The second-order valence-electron chi connectivity index (χ2n) is 7.53. The van der Waals surface area contributed by atoms with Crippen molar-refractivity contribution in [2.24, 2.45) is 5.92 Å². The Morgan fingerprint density at radius 1 is 1.40 bits per heavy atom. The lowest BCUT2D eigenvalue weighted by molar-refractivity contribution is -0.182. The number of aromatic nitrogens is 1. The van der Waals surface area contributed by atoms with E-state index in [1.54, 1.807) is 0 Å². The summed E-state index contributed by atoms with van der Waals surface area (Å²) in [5.74, 6) is 0.494. The van der Waals surface area contributed by atoms with Crippen molar-refractivity contribution in [2.75, 3.05) is 24.5 Å². The fourth-order valence-electron chi connectivity index (χ4n) is 3.00. The zero-order valence-corrected chi connectivity index (χ0v) is 15.7. The molecule has 2 N–H and O–H groups in total. The number of halogens is 1. The maximum absolute atomic E-state index is 9.87. The normalized spacial score (nSPS) is 18.0. The molecule has 1 aliphatic heterocycles. The van der Waals surface area contributed by atoms with Crippen molar-refractivity contribution in [2.45, 2.75) is 45.6 Å². The van der Waals surface area contributed by atoms with Crippen molar-refractivity contribution < 1.29 is 14.3 Å². The Labute approximate surface area is 153 Å². The number of hydrogen-bond donors (Lipinski definition) is 2. The highest BCUT2D eigenvalue weighted by molar-refractivity contribution is 6.31. The Morgan fingerprint density at radius 2 is 2.12 bits per heavy atom. The van der Waals surface area contributed by atoms with E-state index in [4.69, 9.17) is 20.8 Å². The number of benzene rings is 1. The van der Waals surface area contributed by atoms with E-state index in [1.165, 1.54) is 0 Å². The van der Waals surface area contributed by atoms with E-state index in [1.807, 2.05) is 39.0 Å². The molecular formula is C18H26ClN3O3. The highest BCUT2D eigenvalue weighted by atomic mass is 35.5. The van der Waals surface area contributed by atoms with Crippen molar-refractivity contribution in [3.63, 3.8) is 0 Å². The minimum Gasteiger partial charge on any atom is -0.423 e. The molecule has 2 aromatic rings. The average molecular weight is 368 g/mol. The SMILES string of the molecule is CC(C)(C)OC(O)NCC1CCN(c2nc3cc(Cl)ccc3o2)CC1. The first-order valence-corrected chi connectivity index (χ1v) is 9.08. The highest BCUT2D eigenvalue weighted by Crippen LogP contribution is 2.27. The van der Waals surface area contributed by atoms with Gasteiger partial charge in [-0.25, -0.2) is 0 Å². The standard InChI is InChI=1S/C18H26ClN3O3/c1-18(2,3)25-17(23)20-11-12-6-8-22(9-7-12)16-21-14-10-13(19)4-5-15(14)24-16/h4-5,10,12,17,20,23H,6-9,11H2,1-3H3. The molecular weight excluding hydrogens is 342 g/mol. The lowest BCUT2D eigenvalue weighted by atomic mass is 9.97. The van der Waals surface area contributed by atoms with Gasteiger partial charge in [-0.15, -0.1) is 0 Å². The maximum atomic E-state index is 9.87. The highest BCUT2D eigenvalue weighted by Gasteiger charge is 2.24. The van der Waals surface area contributed by atoms with Gasteiger partial charge in [0, 0.05) is 24.7 Å². The molecule has 1 aromatic carbocycles. The number of aliphatic hydroxyl groups is 1. The van der Waals surface area contributed by atoms with Crippen LogP contribution in [0.4, 0.5) is 6.01 Å². The summed E-state index contributed by atoms with van der Waals surface area (Å²) in [6.07, 6.45) is 1.09. The van der Waals surface area contributed by atoms with E-state index < -0.39 is 6.41 Å². The van der Waals surface area contributed by atoms with Gasteiger partial charge in [-0.3, -0.25) is 5.32 Å². The molecule has 1 fully saturated rings. The van der Waals surface area contributed by atoms with Crippen LogP contribution in [0.15, 0.2) is 22.6 Å². The molecule has 7 heteroatoms. The third kappa shape index (κ3) is 5.07. The number of ether oxygens (including phenoxy) is 1.